The normalized spacial score (nSPS) is 20.2. The number of unbranched alkanes of at least 4 members (excludes halogenated alkanes) is 6. The monoisotopic (exact) mass is 252 g/mol. The number of aliphatic carboxylic acids is 1. The van der Waals surface area contributed by atoms with E-state index in [4.69, 9.17) is 0 Å². The van der Waals surface area contributed by atoms with Gasteiger partial charge in [0.1, 0.15) is 0 Å². The molecular formula is C16H28O2. The SMILES string of the molecule is CCCCCCCCCC(C(=O)O)C1C=CCC1. The van der Waals surface area contributed by atoms with Gasteiger partial charge in [-0.25, -0.2) is 0 Å². The van der Waals surface area contributed by atoms with Crippen molar-refractivity contribution < 1.29 is 9.90 Å². The smallest absolute Gasteiger partial charge is 0.307 e. The van der Waals surface area contributed by atoms with E-state index in [2.05, 4.69) is 19.1 Å². The predicted molar refractivity (Wildman–Crippen MR) is 75.6 cm³/mol. The van der Waals surface area contributed by atoms with Crippen LogP contribution in [0.1, 0.15) is 71.1 Å². The van der Waals surface area contributed by atoms with E-state index >= 15 is 0 Å². The van der Waals surface area contributed by atoms with Crippen molar-refractivity contribution in [3.05, 3.63) is 12.2 Å². The van der Waals surface area contributed by atoms with Crippen LogP contribution in [0.3, 0.4) is 0 Å². The molecule has 0 amide bonds. The third kappa shape index (κ3) is 5.70. The van der Waals surface area contributed by atoms with Crippen LogP contribution in [0.25, 0.3) is 0 Å². The Bertz CT molecular complexity index is 258. The van der Waals surface area contributed by atoms with Gasteiger partial charge in [-0.05, 0) is 25.2 Å². The molecule has 0 aromatic rings. The molecule has 1 aliphatic rings. The quantitative estimate of drug-likeness (QED) is 0.448. The number of rotatable bonds is 10. The summed E-state index contributed by atoms with van der Waals surface area (Å²) in [5, 5.41) is 9.27. The molecule has 0 aromatic heterocycles. The summed E-state index contributed by atoms with van der Waals surface area (Å²) in [6.45, 7) is 2.23. The molecule has 0 aromatic carbocycles. The third-order valence-corrected chi connectivity index (χ3v) is 4.00. The topological polar surface area (TPSA) is 37.3 Å². The predicted octanol–water partition coefficient (Wildman–Crippen LogP) is 4.79. The van der Waals surface area contributed by atoms with Crippen LogP contribution in [0.15, 0.2) is 12.2 Å². The maximum atomic E-state index is 11.3. The largest absolute Gasteiger partial charge is 0.481 e. The minimum atomic E-state index is -0.600. The van der Waals surface area contributed by atoms with Crippen molar-refractivity contribution in [3.63, 3.8) is 0 Å². The zero-order valence-corrected chi connectivity index (χ0v) is 11.7. The molecule has 0 spiro atoms. The Hall–Kier alpha value is -0.790. The number of carboxylic acid groups (broad SMARTS) is 1. The van der Waals surface area contributed by atoms with Gasteiger partial charge < -0.3 is 5.11 Å². The van der Waals surface area contributed by atoms with Gasteiger partial charge in [0.15, 0.2) is 0 Å². The van der Waals surface area contributed by atoms with Crippen LogP contribution in [0.5, 0.6) is 0 Å². The second kappa shape index (κ2) is 9.18. The Labute approximate surface area is 111 Å². The van der Waals surface area contributed by atoms with Gasteiger partial charge >= 0.3 is 5.97 Å². The summed E-state index contributed by atoms with van der Waals surface area (Å²) < 4.78 is 0. The second-order valence-electron chi connectivity index (χ2n) is 5.52. The zero-order valence-electron chi connectivity index (χ0n) is 11.7. The van der Waals surface area contributed by atoms with Crippen molar-refractivity contribution in [2.24, 2.45) is 11.8 Å². The van der Waals surface area contributed by atoms with Crippen LogP contribution in [-0.2, 0) is 4.79 Å². The molecule has 0 saturated carbocycles. The Balaban J connectivity index is 2.10. The first-order valence-electron chi connectivity index (χ1n) is 7.65. The zero-order chi connectivity index (χ0) is 13.2. The number of allylic oxidation sites excluding steroid dienone is 2. The first-order valence-corrected chi connectivity index (χ1v) is 7.65. The van der Waals surface area contributed by atoms with E-state index in [-0.39, 0.29) is 5.92 Å². The maximum absolute atomic E-state index is 11.3. The fraction of sp³-hybridized carbons (Fsp3) is 0.812. The Morgan fingerprint density at radius 2 is 1.89 bits per heavy atom. The summed E-state index contributed by atoms with van der Waals surface area (Å²) in [5.74, 6) is -0.445. The molecule has 2 heteroatoms. The van der Waals surface area contributed by atoms with E-state index in [1.54, 1.807) is 0 Å². The highest BCUT2D eigenvalue weighted by atomic mass is 16.4. The van der Waals surface area contributed by atoms with E-state index in [9.17, 15) is 9.90 Å². The van der Waals surface area contributed by atoms with Gasteiger partial charge in [-0.15, -0.1) is 0 Å². The highest BCUT2D eigenvalue weighted by Gasteiger charge is 2.26. The average Bonchev–Trinajstić information content (AvgIpc) is 2.85. The molecule has 0 radical (unpaired) electrons. The Morgan fingerprint density at radius 3 is 2.44 bits per heavy atom. The van der Waals surface area contributed by atoms with E-state index in [0.717, 1.165) is 25.7 Å². The van der Waals surface area contributed by atoms with Crippen LogP contribution in [-0.4, -0.2) is 11.1 Å². The van der Waals surface area contributed by atoms with Crippen LogP contribution in [0, 0.1) is 11.8 Å². The first kappa shape index (κ1) is 15.3. The molecule has 2 atom stereocenters. The lowest BCUT2D eigenvalue weighted by Gasteiger charge is -2.17. The van der Waals surface area contributed by atoms with E-state index in [1.807, 2.05) is 0 Å². The number of hydrogen-bond donors (Lipinski definition) is 1. The highest BCUT2D eigenvalue weighted by molar-refractivity contribution is 5.70. The Kier molecular flexibility index (Phi) is 7.79. The lowest BCUT2D eigenvalue weighted by atomic mass is 9.87. The van der Waals surface area contributed by atoms with E-state index in [1.165, 1.54) is 38.5 Å². The van der Waals surface area contributed by atoms with Gasteiger partial charge in [0.2, 0.25) is 0 Å². The van der Waals surface area contributed by atoms with Crippen molar-refractivity contribution >= 4 is 5.97 Å². The van der Waals surface area contributed by atoms with Crippen molar-refractivity contribution in [1.29, 1.82) is 0 Å². The minimum Gasteiger partial charge on any atom is -0.481 e. The molecule has 0 heterocycles. The second-order valence-corrected chi connectivity index (χ2v) is 5.52. The molecule has 0 aliphatic heterocycles. The molecule has 0 saturated heterocycles. The van der Waals surface area contributed by atoms with Crippen LogP contribution >= 0.6 is 0 Å². The van der Waals surface area contributed by atoms with Gasteiger partial charge in [0, 0.05) is 0 Å². The molecular weight excluding hydrogens is 224 g/mol. The van der Waals surface area contributed by atoms with Crippen molar-refractivity contribution in [2.45, 2.75) is 71.1 Å². The lowest BCUT2D eigenvalue weighted by Crippen LogP contribution is -2.21. The van der Waals surface area contributed by atoms with E-state index in [0.29, 0.717) is 5.92 Å². The average molecular weight is 252 g/mol. The number of hydrogen-bond acceptors (Lipinski definition) is 1. The first-order chi connectivity index (χ1) is 8.75. The third-order valence-electron chi connectivity index (χ3n) is 4.00. The minimum absolute atomic E-state index is 0.139. The van der Waals surface area contributed by atoms with Crippen molar-refractivity contribution in [1.82, 2.24) is 0 Å². The summed E-state index contributed by atoms with van der Waals surface area (Å²) in [6, 6.07) is 0. The van der Waals surface area contributed by atoms with Gasteiger partial charge in [0.05, 0.1) is 5.92 Å². The molecule has 0 bridgehead atoms. The van der Waals surface area contributed by atoms with Gasteiger partial charge in [0.25, 0.3) is 0 Å². The fourth-order valence-corrected chi connectivity index (χ4v) is 2.83. The molecule has 0 fully saturated rings. The number of carbonyl (C=O) groups is 1. The van der Waals surface area contributed by atoms with E-state index < -0.39 is 5.97 Å². The summed E-state index contributed by atoms with van der Waals surface area (Å²) in [4.78, 5) is 11.3. The van der Waals surface area contributed by atoms with Crippen LogP contribution in [0.2, 0.25) is 0 Å². The van der Waals surface area contributed by atoms with Crippen molar-refractivity contribution in [3.8, 4) is 0 Å². The maximum Gasteiger partial charge on any atom is 0.307 e. The van der Waals surface area contributed by atoms with Crippen molar-refractivity contribution in [2.75, 3.05) is 0 Å². The summed E-state index contributed by atoms with van der Waals surface area (Å²) in [5.41, 5.74) is 0. The molecule has 1 N–H and O–H groups in total. The molecule has 1 rings (SSSR count). The van der Waals surface area contributed by atoms with Crippen LogP contribution < -0.4 is 0 Å². The summed E-state index contributed by atoms with van der Waals surface area (Å²) in [7, 11) is 0. The molecule has 18 heavy (non-hydrogen) atoms. The molecule has 104 valence electrons. The molecule has 2 nitrogen and oxygen atoms in total. The Morgan fingerprint density at radius 1 is 1.22 bits per heavy atom. The number of carboxylic acids is 1. The fourth-order valence-electron chi connectivity index (χ4n) is 2.83. The van der Waals surface area contributed by atoms with Gasteiger partial charge in [-0.1, -0.05) is 64.0 Å². The van der Waals surface area contributed by atoms with Gasteiger partial charge in [-0.2, -0.15) is 0 Å². The molecule has 2 unspecified atom stereocenters. The van der Waals surface area contributed by atoms with Gasteiger partial charge in [-0.3, -0.25) is 4.79 Å². The lowest BCUT2D eigenvalue weighted by molar-refractivity contribution is -0.143. The highest BCUT2D eigenvalue weighted by Crippen LogP contribution is 2.29. The van der Waals surface area contributed by atoms with Crippen LogP contribution in [0.4, 0.5) is 0 Å². The summed E-state index contributed by atoms with van der Waals surface area (Å²) >= 11 is 0. The molecule has 1 aliphatic carbocycles. The summed E-state index contributed by atoms with van der Waals surface area (Å²) in [6.07, 6.45) is 16.0. The standard InChI is InChI=1S/C16H28O2/c1-2-3-4-5-6-7-8-13-15(16(17)18)14-11-9-10-12-14/h9,11,14-15H,2-8,10,12-13H2,1H3,(H,17,18).